The summed E-state index contributed by atoms with van der Waals surface area (Å²) in [5.74, 6) is -0.419. The van der Waals surface area contributed by atoms with Crippen molar-refractivity contribution in [3.63, 3.8) is 0 Å². The molecule has 1 N–H and O–H groups in total. The molecule has 8 nitrogen and oxygen atoms in total. The number of methoxy groups -OCH3 is 2. The number of amidine groups is 1. The second-order valence-corrected chi connectivity index (χ2v) is 9.15. The van der Waals surface area contributed by atoms with Gasteiger partial charge >= 0.3 is 0 Å². The highest BCUT2D eigenvalue weighted by atomic mass is 19.1. The van der Waals surface area contributed by atoms with Gasteiger partial charge in [0, 0.05) is 18.3 Å². The molecule has 3 heterocycles. The van der Waals surface area contributed by atoms with Gasteiger partial charge in [0.15, 0.2) is 29.7 Å². The summed E-state index contributed by atoms with van der Waals surface area (Å²) in [7, 11) is 2.76. The van der Waals surface area contributed by atoms with E-state index in [1.165, 1.54) is 19.1 Å². The molecule has 2 aliphatic rings. The van der Waals surface area contributed by atoms with Gasteiger partial charge in [-0.05, 0) is 54.3 Å². The Labute approximate surface area is 214 Å². The number of unbranched alkanes of at least 4 members (excludes halogenated alkanes) is 1. The van der Waals surface area contributed by atoms with E-state index < -0.39 is 5.82 Å². The number of Topliss-reactive ketones (excluding diaryl/α,β-unsaturated/α-hetero) is 2. The topological polar surface area (TPSA) is 93.8 Å². The van der Waals surface area contributed by atoms with E-state index in [0.717, 1.165) is 24.8 Å². The Bertz CT molecular complexity index is 1430. The van der Waals surface area contributed by atoms with E-state index in [0.29, 0.717) is 28.3 Å². The predicted octanol–water partition coefficient (Wildman–Crippen LogP) is 4.58. The summed E-state index contributed by atoms with van der Waals surface area (Å²) >= 11 is 0. The van der Waals surface area contributed by atoms with Crippen LogP contribution in [0.5, 0.6) is 17.2 Å². The molecule has 0 spiro atoms. The fourth-order valence-corrected chi connectivity index (χ4v) is 4.99. The molecule has 192 valence electrons. The molecule has 0 fully saturated rings. The molecule has 0 radical (unpaired) electrons. The van der Waals surface area contributed by atoms with Crippen molar-refractivity contribution in [3.05, 3.63) is 70.3 Å². The van der Waals surface area contributed by atoms with E-state index in [9.17, 15) is 9.59 Å². The highest BCUT2D eigenvalue weighted by Crippen LogP contribution is 2.38. The number of aromatic nitrogens is 1. The van der Waals surface area contributed by atoms with Crippen molar-refractivity contribution in [2.45, 2.75) is 32.7 Å². The van der Waals surface area contributed by atoms with Crippen LogP contribution >= 0.6 is 0 Å². The molecule has 2 aliphatic heterocycles. The molecule has 0 aliphatic carbocycles. The van der Waals surface area contributed by atoms with E-state index in [4.69, 9.17) is 19.6 Å². The SMILES string of the molecule is CCCCc1ccn2c1C(=O)COc1ccc(C(=O)CN3Cc4cc(OC)c(OC)c(F)c4C3=N)cc1-2. The van der Waals surface area contributed by atoms with Crippen LogP contribution in [0.3, 0.4) is 0 Å². The molecule has 0 amide bonds. The lowest BCUT2D eigenvalue weighted by atomic mass is 10.1. The van der Waals surface area contributed by atoms with Crippen molar-refractivity contribution in [2.75, 3.05) is 27.4 Å². The molecule has 0 saturated carbocycles. The second kappa shape index (κ2) is 9.72. The van der Waals surface area contributed by atoms with E-state index >= 15 is 4.39 Å². The van der Waals surface area contributed by atoms with Gasteiger partial charge in [0.05, 0.1) is 37.7 Å². The summed E-state index contributed by atoms with van der Waals surface area (Å²) in [6.45, 7) is 2.12. The Kier molecular flexibility index (Phi) is 6.45. The minimum absolute atomic E-state index is 0.0644. The second-order valence-electron chi connectivity index (χ2n) is 9.15. The summed E-state index contributed by atoms with van der Waals surface area (Å²) in [5, 5.41) is 8.52. The number of ketones is 2. The molecule has 1 aromatic heterocycles. The van der Waals surface area contributed by atoms with Crippen LogP contribution in [0.2, 0.25) is 0 Å². The summed E-state index contributed by atoms with van der Waals surface area (Å²) in [4.78, 5) is 27.7. The zero-order valence-corrected chi connectivity index (χ0v) is 21.0. The molecule has 0 unspecified atom stereocenters. The van der Waals surface area contributed by atoms with E-state index in [2.05, 4.69) is 6.92 Å². The smallest absolute Gasteiger partial charge is 0.217 e. The number of rotatable bonds is 8. The quantitative estimate of drug-likeness (QED) is 0.451. The molecule has 0 bridgehead atoms. The number of aryl methyl sites for hydroxylation is 1. The van der Waals surface area contributed by atoms with Gasteiger partial charge in [0.2, 0.25) is 5.78 Å². The zero-order chi connectivity index (χ0) is 26.3. The van der Waals surface area contributed by atoms with Crippen LogP contribution in [0, 0.1) is 11.2 Å². The number of hydrogen-bond acceptors (Lipinski definition) is 6. The fourth-order valence-electron chi connectivity index (χ4n) is 4.99. The molecule has 0 saturated heterocycles. The molecule has 5 rings (SSSR count). The minimum Gasteiger partial charge on any atom is -0.493 e. The molecular weight excluding hydrogens is 477 g/mol. The van der Waals surface area contributed by atoms with Crippen LogP contribution in [-0.4, -0.2) is 54.2 Å². The first-order chi connectivity index (χ1) is 17.9. The van der Waals surface area contributed by atoms with Gasteiger partial charge in [0.1, 0.15) is 11.6 Å². The van der Waals surface area contributed by atoms with Crippen molar-refractivity contribution in [1.82, 2.24) is 9.47 Å². The Morgan fingerprint density at radius 3 is 2.73 bits per heavy atom. The van der Waals surface area contributed by atoms with Gasteiger partial charge in [-0.25, -0.2) is 4.39 Å². The third-order valence-electron chi connectivity index (χ3n) is 6.87. The van der Waals surface area contributed by atoms with Crippen LogP contribution in [0.4, 0.5) is 4.39 Å². The summed E-state index contributed by atoms with van der Waals surface area (Å²) in [6, 6.07) is 8.64. The van der Waals surface area contributed by atoms with E-state index in [-0.39, 0.29) is 54.2 Å². The first kappa shape index (κ1) is 24.5. The molecule has 9 heteroatoms. The molecular formula is C28H28FN3O5. The lowest BCUT2D eigenvalue weighted by Crippen LogP contribution is -2.30. The Hall–Kier alpha value is -4.14. The number of hydrogen-bond donors (Lipinski definition) is 1. The summed E-state index contributed by atoms with van der Waals surface area (Å²) < 4.78 is 33.0. The third-order valence-corrected chi connectivity index (χ3v) is 6.87. The number of benzene rings is 2. The number of carbonyl (C=O) groups excluding carboxylic acids is 2. The Morgan fingerprint density at radius 2 is 2.00 bits per heavy atom. The maximum absolute atomic E-state index is 15.1. The van der Waals surface area contributed by atoms with Crippen molar-refractivity contribution in [1.29, 1.82) is 5.41 Å². The Balaban J connectivity index is 1.43. The first-order valence-corrected chi connectivity index (χ1v) is 12.2. The Morgan fingerprint density at radius 1 is 1.19 bits per heavy atom. The monoisotopic (exact) mass is 505 g/mol. The lowest BCUT2D eigenvalue weighted by molar-refractivity contribution is 0.0918. The van der Waals surface area contributed by atoms with E-state index in [1.807, 2.05) is 12.3 Å². The van der Waals surface area contributed by atoms with Gasteiger partial charge in [0.25, 0.3) is 0 Å². The predicted molar refractivity (Wildman–Crippen MR) is 135 cm³/mol. The van der Waals surface area contributed by atoms with Crippen LogP contribution in [0.15, 0.2) is 36.5 Å². The normalized spacial score (nSPS) is 14.0. The van der Waals surface area contributed by atoms with Gasteiger partial charge < -0.3 is 23.7 Å². The van der Waals surface area contributed by atoms with Crippen molar-refractivity contribution < 1.29 is 28.2 Å². The van der Waals surface area contributed by atoms with Crippen molar-refractivity contribution >= 4 is 17.4 Å². The largest absolute Gasteiger partial charge is 0.493 e. The highest BCUT2D eigenvalue weighted by molar-refractivity contribution is 6.06. The zero-order valence-electron chi connectivity index (χ0n) is 21.0. The maximum atomic E-state index is 15.1. The van der Waals surface area contributed by atoms with Gasteiger partial charge in [-0.15, -0.1) is 0 Å². The van der Waals surface area contributed by atoms with Crippen LogP contribution in [0.25, 0.3) is 5.69 Å². The average Bonchev–Trinajstić information content (AvgIpc) is 3.42. The number of nitrogens with zero attached hydrogens (tertiary/aromatic N) is 2. The standard InChI is InChI=1S/C28H28FN3O5/c1-4-5-6-16-9-10-32-19-11-17(7-8-22(19)37-15-21(34)26(16)32)20(33)14-31-13-18-12-23(35-2)27(36-3)25(29)24(18)28(31)30/h7-12,30H,4-6,13-15H2,1-3H3. The van der Waals surface area contributed by atoms with Gasteiger partial charge in [-0.2, -0.15) is 0 Å². The summed E-state index contributed by atoms with van der Waals surface area (Å²) in [6.07, 6.45) is 4.63. The van der Waals surface area contributed by atoms with Crippen LogP contribution in [0.1, 0.15) is 57.3 Å². The minimum atomic E-state index is -0.678. The highest BCUT2D eigenvalue weighted by Gasteiger charge is 2.33. The number of halogens is 1. The maximum Gasteiger partial charge on any atom is 0.217 e. The van der Waals surface area contributed by atoms with E-state index in [1.54, 1.807) is 28.8 Å². The lowest BCUT2D eigenvalue weighted by Gasteiger charge is -2.18. The fraction of sp³-hybridized carbons (Fsp3) is 0.321. The number of carbonyl (C=O) groups is 2. The molecule has 3 aromatic rings. The first-order valence-electron chi connectivity index (χ1n) is 12.2. The molecule has 37 heavy (non-hydrogen) atoms. The number of nitrogens with one attached hydrogen (secondary N) is 1. The van der Waals surface area contributed by atoms with Gasteiger partial charge in [-0.3, -0.25) is 15.0 Å². The molecule has 0 atom stereocenters. The number of ether oxygens (including phenoxy) is 3. The third kappa shape index (κ3) is 4.14. The number of fused-ring (bicyclic) bond motifs is 4. The van der Waals surface area contributed by atoms with Crippen LogP contribution in [-0.2, 0) is 13.0 Å². The van der Waals surface area contributed by atoms with Crippen LogP contribution < -0.4 is 14.2 Å². The van der Waals surface area contributed by atoms with Crippen molar-refractivity contribution in [2.24, 2.45) is 0 Å². The summed E-state index contributed by atoms with van der Waals surface area (Å²) in [5.41, 5.74) is 3.25. The average molecular weight is 506 g/mol. The van der Waals surface area contributed by atoms with Crippen molar-refractivity contribution in [3.8, 4) is 22.9 Å². The van der Waals surface area contributed by atoms with Gasteiger partial charge in [-0.1, -0.05) is 13.3 Å². The molecule has 2 aromatic carbocycles.